The third-order valence-electron chi connectivity index (χ3n) is 3.60. The van der Waals surface area contributed by atoms with Gasteiger partial charge in [0, 0.05) is 11.6 Å². The minimum absolute atomic E-state index is 0.0579. The van der Waals surface area contributed by atoms with E-state index in [0.29, 0.717) is 17.9 Å². The first-order valence-electron chi connectivity index (χ1n) is 10.2. The molecule has 2 amide bonds. The van der Waals surface area contributed by atoms with E-state index >= 15 is 0 Å². The number of benzene rings is 1. The normalized spacial score (nSPS) is 12.2. The number of nitrogens with one attached hydrogen (secondary N) is 1. The molecule has 0 radical (unpaired) electrons. The van der Waals surface area contributed by atoms with Crippen molar-refractivity contribution in [3.05, 3.63) is 47.5 Å². The van der Waals surface area contributed by atoms with E-state index in [1.165, 1.54) is 4.90 Å². The van der Waals surface area contributed by atoms with Gasteiger partial charge in [-0.15, -0.1) is 6.58 Å². The Kier molecular flexibility index (Phi) is 10.0. The fraction of sp³-hybridized carbons (Fsp3) is 0.522. The van der Waals surface area contributed by atoms with Crippen LogP contribution in [0.2, 0.25) is 5.02 Å². The monoisotopic (exact) mass is 451 g/mol. The Morgan fingerprint density at radius 3 is 2.19 bits per heavy atom. The molecule has 0 spiro atoms. The molecule has 1 aromatic rings. The summed E-state index contributed by atoms with van der Waals surface area (Å²) < 4.78 is 10.9. The van der Waals surface area contributed by atoms with E-state index in [1.807, 2.05) is 12.1 Å². The van der Waals surface area contributed by atoms with Crippen molar-refractivity contribution in [1.82, 2.24) is 10.2 Å². The van der Waals surface area contributed by atoms with Crippen LogP contribution in [0.25, 0.3) is 0 Å². The van der Waals surface area contributed by atoms with Crippen LogP contribution in [0.4, 0.5) is 9.59 Å². The molecule has 8 heteroatoms. The third kappa shape index (κ3) is 11.4. The molecule has 7 nitrogen and oxygen atoms in total. The van der Waals surface area contributed by atoms with Crippen molar-refractivity contribution in [2.75, 3.05) is 6.54 Å². The standard InChI is InChI=1S/C23H34ClN3O4/c1-8-9-10-15-27(21(29)31-23(5,6)7)19(26-20(28)30-22(2,3)4)25-16-17-11-13-18(24)14-12-17/h8,11-14H,1,9-10,15-16H2,2-7H3,(H,25,26,28). The van der Waals surface area contributed by atoms with Gasteiger partial charge in [-0.2, -0.15) is 0 Å². The summed E-state index contributed by atoms with van der Waals surface area (Å²) in [6.45, 7) is 14.8. The molecule has 1 N–H and O–H groups in total. The number of alkyl carbamates (subject to hydrolysis) is 1. The number of hydrogen-bond donors (Lipinski definition) is 1. The van der Waals surface area contributed by atoms with Gasteiger partial charge >= 0.3 is 12.2 Å². The molecule has 172 valence electrons. The number of unbranched alkanes of at least 4 members (excludes halogenated alkanes) is 1. The number of nitrogens with zero attached hydrogens (tertiary/aromatic N) is 2. The minimum Gasteiger partial charge on any atom is -0.444 e. The molecule has 1 rings (SSSR count). The van der Waals surface area contributed by atoms with Crippen LogP contribution in [0.3, 0.4) is 0 Å². The Morgan fingerprint density at radius 1 is 1.10 bits per heavy atom. The van der Waals surface area contributed by atoms with Crippen LogP contribution in [0, 0.1) is 0 Å². The lowest BCUT2D eigenvalue weighted by molar-refractivity contribution is 0.0357. The van der Waals surface area contributed by atoms with Crippen LogP contribution in [0.15, 0.2) is 41.9 Å². The van der Waals surface area contributed by atoms with E-state index in [2.05, 4.69) is 16.9 Å². The van der Waals surface area contributed by atoms with E-state index in [0.717, 1.165) is 5.56 Å². The summed E-state index contributed by atoms with van der Waals surface area (Å²) in [4.78, 5) is 31.1. The summed E-state index contributed by atoms with van der Waals surface area (Å²) in [5.41, 5.74) is -0.547. The molecule has 0 heterocycles. The van der Waals surface area contributed by atoms with Crippen molar-refractivity contribution in [2.45, 2.75) is 72.1 Å². The van der Waals surface area contributed by atoms with Crippen molar-refractivity contribution < 1.29 is 19.1 Å². The van der Waals surface area contributed by atoms with Crippen LogP contribution in [0.5, 0.6) is 0 Å². The highest BCUT2D eigenvalue weighted by atomic mass is 35.5. The Bertz CT molecular complexity index is 777. The fourth-order valence-corrected chi connectivity index (χ4v) is 2.46. The molecule has 0 aromatic heterocycles. The Balaban J connectivity index is 3.21. The summed E-state index contributed by atoms with van der Waals surface area (Å²) in [5, 5.41) is 3.22. The molecular formula is C23H34ClN3O4. The predicted molar refractivity (Wildman–Crippen MR) is 124 cm³/mol. The second kappa shape index (κ2) is 11.7. The molecule has 0 saturated heterocycles. The van der Waals surface area contributed by atoms with E-state index < -0.39 is 23.4 Å². The molecule has 1 aromatic carbocycles. The third-order valence-corrected chi connectivity index (χ3v) is 3.85. The largest absolute Gasteiger partial charge is 0.444 e. The summed E-state index contributed by atoms with van der Waals surface area (Å²) in [6.07, 6.45) is 1.76. The van der Waals surface area contributed by atoms with Crippen molar-refractivity contribution in [3.63, 3.8) is 0 Å². The number of halogens is 1. The molecule has 0 bridgehead atoms. The van der Waals surface area contributed by atoms with Crippen LogP contribution in [-0.4, -0.2) is 40.8 Å². The Labute approximate surface area is 190 Å². The van der Waals surface area contributed by atoms with E-state index in [9.17, 15) is 9.59 Å². The molecule has 0 saturated carbocycles. The number of amides is 2. The zero-order valence-electron chi connectivity index (χ0n) is 19.3. The Morgan fingerprint density at radius 2 is 1.68 bits per heavy atom. The van der Waals surface area contributed by atoms with E-state index in [-0.39, 0.29) is 19.0 Å². The number of carbonyl (C=O) groups is 2. The SMILES string of the molecule is C=CCCCN(C(=O)OC(C)(C)C)C(=NCc1ccc(Cl)cc1)NC(=O)OC(C)(C)C. The van der Waals surface area contributed by atoms with Gasteiger partial charge in [-0.05, 0) is 72.1 Å². The Hall–Kier alpha value is -2.54. The van der Waals surface area contributed by atoms with Gasteiger partial charge < -0.3 is 9.47 Å². The minimum atomic E-state index is -0.709. The second-order valence-electron chi connectivity index (χ2n) is 8.96. The number of guanidine groups is 1. The lowest BCUT2D eigenvalue weighted by Gasteiger charge is -2.29. The summed E-state index contributed by atoms with van der Waals surface area (Å²) in [6, 6.07) is 7.16. The first-order chi connectivity index (χ1) is 14.3. The van der Waals surface area contributed by atoms with Gasteiger partial charge in [0.15, 0.2) is 0 Å². The van der Waals surface area contributed by atoms with Gasteiger partial charge in [-0.3, -0.25) is 5.32 Å². The molecule has 0 atom stereocenters. The lowest BCUT2D eigenvalue weighted by atomic mass is 10.2. The molecular weight excluding hydrogens is 418 g/mol. The summed E-state index contributed by atoms with van der Waals surface area (Å²) in [5.74, 6) is 0.0579. The number of ether oxygens (including phenoxy) is 2. The van der Waals surface area contributed by atoms with E-state index in [4.69, 9.17) is 21.1 Å². The quantitative estimate of drug-likeness (QED) is 0.252. The van der Waals surface area contributed by atoms with E-state index in [1.54, 1.807) is 59.8 Å². The second-order valence-corrected chi connectivity index (χ2v) is 9.39. The van der Waals surface area contributed by atoms with Gasteiger partial charge in [-0.25, -0.2) is 19.5 Å². The van der Waals surface area contributed by atoms with Gasteiger partial charge in [0.1, 0.15) is 11.2 Å². The maximum Gasteiger partial charge on any atom is 0.417 e. The number of carbonyl (C=O) groups excluding carboxylic acids is 2. The number of hydrogen-bond acceptors (Lipinski definition) is 5. The van der Waals surface area contributed by atoms with Gasteiger partial charge in [0.2, 0.25) is 5.96 Å². The molecule has 0 unspecified atom stereocenters. The van der Waals surface area contributed by atoms with Crippen molar-refractivity contribution in [2.24, 2.45) is 4.99 Å². The van der Waals surface area contributed by atoms with Gasteiger partial charge in [-0.1, -0.05) is 29.8 Å². The maximum atomic E-state index is 12.9. The van der Waals surface area contributed by atoms with Crippen molar-refractivity contribution >= 4 is 29.7 Å². The van der Waals surface area contributed by atoms with Crippen LogP contribution in [0.1, 0.15) is 59.9 Å². The average Bonchev–Trinajstić information content (AvgIpc) is 2.61. The summed E-state index contributed by atoms with van der Waals surface area (Å²) >= 11 is 5.94. The van der Waals surface area contributed by atoms with Crippen molar-refractivity contribution in [3.8, 4) is 0 Å². The first-order valence-corrected chi connectivity index (χ1v) is 10.6. The predicted octanol–water partition coefficient (Wildman–Crippen LogP) is 5.92. The van der Waals surface area contributed by atoms with Crippen LogP contribution < -0.4 is 5.32 Å². The fourth-order valence-electron chi connectivity index (χ4n) is 2.34. The van der Waals surface area contributed by atoms with Crippen LogP contribution in [-0.2, 0) is 16.0 Å². The average molecular weight is 452 g/mol. The first kappa shape index (κ1) is 26.5. The van der Waals surface area contributed by atoms with Crippen LogP contribution >= 0.6 is 11.6 Å². The zero-order chi connectivity index (χ0) is 23.7. The highest BCUT2D eigenvalue weighted by Gasteiger charge is 2.28. The van der Waals surface area contributed by atoms with Gasteiger partial charge in [0.05, 0.1) is 6.54 Å². The molecule has 31 heavy (non-hydrogen) atoms. The number of allylic oxidation sites excluding steroid dienone is 1. The smallest absolute Gasteiger partial charge is 0.417 e. The molecule has 0 fully saturated rings. The lowest BCUT2D eigenvalue weighted by Crippen LogP contribution is -2.50. The highest BCUT2D eigenvalue weighted by molar-refractivity contribution is 6.30. The summed E-state index contributed by atoms with van der Waals surface area (Å²) in [7, 11) is 0. The topological polar surface area (TPSA) is 80.2 Å². The zero-order valence-corrected chi connectivity index (χ0v) is 20.1. The molecule has 0 aliphatic rings. The molecule has 0 aliphatic carbocycles. The number of rotatable bonds is 6. The van der Waals surface area contributed by atoms with Crippen molar-refractivity contribution in [1.29, 1.82) is 0 Å². The highest BCUT2D eigenvalue weighted by Crippen LogP contribution is 2.14. The van der Waals surface area contributed by atoms with Gasteiger partial charge in [0.25, 0.3) is 0 Å². The maximum absolute atomic E-state index is 12.9. The molecule has 0 aliphatic heterocycles. The number of aliphatic imine (C=N–C) groups is 1.